The Morgan fingerprint density at radius 2 is 2.23 bits per heavy atom. The van der Waals surface area contributed by atoms with E-state index in [9.17, 15) is 4.79 Å². The summed E-state index contributed by atoms with van der Waals surface area (Å²) in [7, 11) is 0. The minimum Gasteiger partial charge on any atom is -0.466 e. The first-order valence-corrected chi connectivity index (χ1v) is 4.66. The highest BCUT2D eigenvalue weighted by Crippen LogP contribution is 2.43. The van der Waals surface area contributed by atoms with E-state index in [-0.39, 0.29) is 19.3 Å². The van der Waals surface area contributed by atoms with Gasteiger partial charge < -0.3 is 4.74 Å². The summed E-state index contributed by atoms with van der Waals surface area (Å²) >= 11 is 0. The Labute approximate surface area is 80.0 Å². The molecule has 1 saturated carbocycles. The summed E-state index contributed by atoms with van der Waals surface area (Å²) < 4.78 is 5.01. The Bertz CT molecular complexity index is 220. The predicted octanol–water partition coefficient (Wildman–Crippen LogP) is 2.40. The molecule has 74 valence electrons. The van der Waals surface area contributed by atoms with Gasteiger partial charge in [0.05, 0.1) is 12.5 Å². The highest BCUT2D eigenvalue weighted by Gasteiger charge is 2.40. The van der Waals surface area contributed by atoms with Crippen LogP contribution in [0.25, 0.3) is 0 Å². The first kappa shape index (κ1) is 10.3. The van der Waals surface area contributed by atoms with Crippen LogP contribution < -0.4 is 0 Å². The Morgan fingerprint density at radius 1 is 1.46 bits per heavy atom. The molecule has 2 nitrogen and oxygen atoms in total. The molecule has 1 fully saturated rings. The molecule has 3 atom stereocenters. The number of hydrogen-bond donors (Lipinski definition) is 0. The van der Waals surface area contributed by atoms with Gasteiger partial charge in [-0.15, -0.1) is 0 Å². The van der Waals surface area contributed by atoms with Crippen LogP contribution in [0.1, 0.15) is 27.2 Å². The minimum absolute atomic E-state index is 0. The van der Waals surface area contributed by atoms with Crippen molar-refractivity contribution >= 4 is 5.97 Å². The Balaban J connectivity index is 0.000000845. The lowest BCUT2D eigenvalue weighted by Gasteiger charge is -2.15. The normalized spacial score (nSPS) is 34.4. The van der Waals surface area contributed by atoms with Gasteiger partial charge in [0, 0.05) is 0 Å². The third kappa shape index (κ3) is 1.77. The van der Waals surface area contributed by atoms with E-state index in [2.05, 4.69) is 12.2 Å². The third-order valence-corrected chi connectivity index (χ3v) is 2.87. The quantitative estimate of drug-likeness (QED) is 0.484. The van der Waals surface area contributed by atoms with Crippen LogP contribution in [0, 0.1) is 17.8 Å². The lowest BCUT2D eigenvalue weighted by Crippen LogP contribution is -2.21. The highest BCUT2D eigenvalue weighted by molar-refractivity contribution is 5.74. The van der Waals surface area contributed by atoms with Crippen LogP contribution in [0.5, 0.6) is 0 Å². The molecule has 0 saturated heterocycles. The summed E-state index contributed by atoms with van der Waals surface area (Å²) in [5.41, 5.74) is 0. The van der Waals surface area contributed by atoms with Gasteiger partial charge in [-0.25, -0.2) is 0 Å². The summed E-state index contributed by atoms with van der Waals surface area (Å²) in [6.07, 6.45) is 6.60. The molecule has 0 aromatic carbocycles. The summed E-state index contributed by atoms with van der Waals surface area (Å²) in [4.78, 5) is 11.4. The molecule has 2 bridgehead atoms. The maximum Gasteiger partial charge on any atom is 0.309 e. The molecule has 0 N–H and O–H groups in total. The van der Waals surface area contributed by atoms with Gasteiger partial charge in [0.25, 0.3) is 0 Å². The van der Waals surface area contributed by atoms with Gasteiger partial charge in [-0.2, -0.15) is 0 Å². The van der Waals surface area contributed by atoms with Crippen LogP contribution in [0.2, 0.25) is 0 Å². The Hall–Kier alpha value is -0.790. The van der Waals surface area contributed by atoms with Crippen LogP contribution >= 0.6 is 0 Å². The van der Waals surface area contributed by atoms with Crippen LogP contribution in [0.3, 0.4) is 0 Å². The molecule has 2 aliphatic carbocycles. The average Bonchev–Trinajstić information content (AvgIpc) is 2.64. The molecular weight excluding hydrogens is 164 g/mol. The molecule has 0 spiro atoms. The lowest BCUT2D eigenvalue weighted by atomic mass is 9.94. The second-order valence-electron chi connectivity index (χ2n) is 3.64. The SMILES string of the molecule is C.CCOC(=O)C1CC2C=CC1C2. The van der Waals surface area contributed by atoms with Gasteiger partial charge in [0.2, 0.25) is 0 Å². The molecule has 0 aromatic rings. The van der Waals surface area contributed by atoms with E-state index >= 15 is 0 Å². The Kier molecular flexibility index (Phi) is 3.12. The summed E-state index contributed by atoms with van der Waals surface area (Å²) in [6.45, 7) is 2.37. The monoisotopic (exact) mass is 182 g/mol. The number of fused-ring (bicyclic) bond motifs is 2. The Morgan fingerprint density at radius 3 is 2.69 bits per heavy atom. The summed E-state index contributed by atoms with van der Waals surface area (Å²) in [5, 5.41) is 0. The van der Waals surface area contributed by atoms with E-state index < -0.39 is 0 Å². The van der Waals surface area contributed by atoms with Crippen molar-refractivity contribution in [3.05, 3.63) is 12.2 Å². The second kappa shape index (κ2) is 3.95. The van der Waals surface area contributed by atoms with Crippen molar-refractivity contribution in [2.45, 2.75) is 27.2 Å². The molecule has 3 unspecified atom stereocenters. The van der Waals surface area contributed by atoms with Gasteiger partial charge in [-0.05, 0) is 31.6 Å². The molecular formula is C11H18O2. The van der Waals surface area contributed by atoms with Crippen molar-refractivity contribution in [3.8, 4) is 0 Å². The van der Waals surface area contributed by atoms with E-state index in [0.717, 1.165) is 6.42 Å². The van der Waals surface area contributed by atoms with Crippen molar-refractivity contribution in [1.82, 2.24) is 0 Å². The van der Waals surface area contributed by atoms with Gasteiger partial charge in [-0.3, -0.25) is 4.79 Å². The fourth-order valence-electron chi connectivity index (χ4n) is 2.30. The average molecular weight is 182 g/mol. The van der Waals surface area contributed by atoms with E-state index in [1.165, 1.54) is 6.42 Å². The zero-order valence-electron chi connectivity index (χ0n) is 7.32. The number of ether oxygens (including phenoxy) is 1. The first-order valence-electron chi connectivity index (χ1n) is 4.66. The number of hydrogen-bond acceptors (Lipinski definition) is 2. The van der Waals surface area contributed by atoms with Gasteiger partial charge in [-0.1, -0.05) is 19.6 Å². The van der Waals surface area contributed by atoms with Crippen molar-refractivity contribution < 1.29 is 9.53 Å². The lowest BCUT2D eigenvalue weighted by molar-refractivity contribution is -0.148. The third-order valence-electron chi connectivity index (χ3n) is 2.87. The first-order chi connectivity index (χ1) is 5.81. The van der Waals surface area contributed by atoms with Crippen LogP contribution in [-0.2, 0) is 9.53 Å². The minimum atomic E-state index is 0. The zero-order valence-corrected chi connectivity index (χ0v) is 7.32. The fourth-order valence-corrected chi connectivity index (χ4v) is 2.30. The largest absolute Gasteiger partial charge is 0.466 e. The molecule has 0 aliphatic heterocycles. The number of carbonyl (C=O) groups excluding carboxylic acids is 1. The molecule has 0 aromatic heterocycles. The maximum atomic E-state index is 11.4. The van der Waals surface area contributed by atoms with Crippen LogP contribution in [-0.4, -0.2) is 12.6 Å². The molecule has 2 heteroatoms. The number of allylic oxidation sites excluding steroid dienone is 2. The van der Waals surface area contributed by atoms with Crippen LogP contribution in [0.15, 0.2) is 12.2 Å². The van der Waals surface area contributed by atoms with Gasteiger partial charge in [0.15, 0.2) is 0 Å². The number of rotatable bonds is 2. The zero-order chi connectivity index (χ0) is 8.55. The van der Waals surface area contributed by atoms with Gasteiger partial charge >= 0.3 is 5.97 Å². The number of carbonyl (C=O) groups is 1. The molecule has 2 rings (SSSR count). The maximum absolute atomic E-state index is 11.4. The standard InChI is InChI=1S/C10H14O2.CH4/c1-2-12-10(11)9-6-7-3-4-8(9)5-7;/h3-4,7-9H,2,5-6H2,1H3;1H4. The summed E-state index contributed by atoms with van der Waals surface area (Å²) in [5.74, 6) is 1.31. The fraction of sp³-hybridized carbons (Fsp3) is 0.727. The van der Waals surface area contributed by atoms with Crippen molar-refractivity contribution in [2.24, 2.45) is 17.8 Å². The predicted molar refractivity (Wildman–Crippen MR) is 52.2 cm³/mol. The van der Waals surface area contributed by atoms with Crippen LogP contribution in [0.4, 0.5) is 0 Å². The topological polar surface area (TPSA) is 26.3 Å². The molecule has 0 heterocycles. The van der Waals surface area contributed by atoms with Crippen molar-refractivity contribution in [3.63, 3.8) is 0 Å². The highest BCUT2D eigenvalue weighted by atomic mass is 16.5. The molecule has 0 amide bonds. The molecule has 13 heavy (non-hydrogen) atoms. The van der Waals surface area contributed by atoms with Crippen molar-refractivity contribution in [1.29, 1.82) is 0 Å². The smallest absolute Gasteiger partial charge is 0.309 e. The second-order valence-corrected chi connectivity index (χ2v) is 3.64. The van der Waals surface area contributed by atoms with E-state index in [4.69, 9.17) is 4.74 Å². The molecule has 2 aliphatic rings. The van der Waals surface area contributed by atoms with E-state index in [1.54, 1.807) is 0 Å². The van der Waals surface area contributed by atoms with Crippen molar-refractivity contribution in [2.75, 3.05) is 6.61 Å². The van der Waals surface area contributed by atoms with E-state index in [1.807, 2.05) is 6.92 Å². The van der Waals surface area contributed by atoms with E-state index in [0.29, 0.717) is 18.4 Å². The summed E-state index contributed by atoms with van der Waals surface area (Å²) in [6, 6.07) is 0. The molecule has 0 radical (unpaired) electrons. The number of esters is 1. The van der Waals surface area contributed by atoms with Gasteiger partial charge in [0.1, 0.15) is 0 Å².